The Morgan fingerprint density at radius 2 is 1.77 bits per heavy atom. The molecule has 2 amide bonds. The molecule has 7 heteroatoms. The molecule has 2 heterocycles. The lowest BCUT2D eigenvalue weighted by Crippen LogP contribution is -2.36. The van der Waals surface area contributed by atoms with Crippen molar-refractivity contribution in [2.75, 3.05) is 34.0 Å². The quantitative estimate of drug-likeness (QED) is 0.544. The van der Waals surface area contributed by atoms with E-state index in [2.05, 4.69) is 0 Å². The lowest BCUT2D eigenvalue weighted by Gasteiger charge is -2.25. The Bertz CT molecular complexity index is 1230. The van der Waals surface area contributed by atoms with Crippen molar-refractivity contribution in [3.8, 4) is 17.2 Å². The number of hydrogen-bond donors (Lipinski definition) is 0. The molecule has 0 N–H and O–H groups in total. The minimum Gasteiger partial charge on any atom is -0.497 e. The van der Waals surface area contributed by atoms with Crippen LogP contribution in [0.4, 0.5) is 0 Å². The topological polar surface area (TPSA) is 68.3 Å². The highest BCUT2D eigenvalue weighted by molar-refractivity contribution is 5.96. The first kappa shape index (κ1) is 22.8. The third-order valence-electron chi connectivity index (χ3n) is 6.70. The Morgan fingerprint density at radius 3 is 2.57 bits per heavy atom. The van der Waals surface area contributed by atoms with Gasteiger partial charge in [0.15, 0.2) is 11.5 Å². The summed E-state index contributed by atoms with van der Waals surface area (Å²) in [4.78, 5) is 30.6. The number of fused-ring (bicyclic) bond motifs is 1. The zero-order chi connectivity index (χ0) is 24.4. The van der Waals surface area contributed by atoms with Crippen molar-refractivity contribution in [3.63, 3.8) is 0 Å². The summed E-state index contributed by atoms with van der Waals surface area (Å²) in [5.41, 5.74) is 2.56. The van der Waals surface area contributed by atoms with E-state index in [1.165, 1.54) is 0 Å². The van der Waals surface area contributed by atoms with E-state index < -0.39 is 0 Å². The molecular weight excluding hydrogens is 444 g/mol. The summed E-state index contributed by atoms with van der Waals surface area (Å²) in [7, 11) is 3.44. The molecule has 0 radical (unpaired) electrons. The van der Waals surface area contributed by atoms with Gasteiger partial charge in [-0.1, -0.05) is 42.5 Å². The second-order valence-corrected chi connectivity index (χ2v) is 8.95. The van der Waals surface area contributed by atoms with E-state index in [0.29, 0.717) is 36.7 Å². The Morgan fingerprint density at radius 1 is 0.971 bits per heavy atom. The third kappa shape index (κ3) is 4.67. The normalized spacial score (nSPS) is 18.4. The van der Waals surface area contributed by atoms with Crippen LogP contribution in [0.5, 0.6) is 17.2 Å². The van der Waals surface area contributed by atoms with Crippen molar-refractivity contribution in [3.05, 3.63) is 89.5 Å². The van der Waals surface area contributed by atoms with Gasteiger partial charge in [0.05, 0.1) is 13.0 Å². The summed E-state index contributed by atoms with van der Waals surface area (Å²) in [6, 6.07) is 22.9. The van der Waals surface area contributed by atoms with Crippen LogP contribution in [0.25, 0.3) is 0 Å². The number of amides is 2. The fraction of sp³-hybridized carbons (Fsp3) is 0.286. The molecule has 1 saturated heterocycles. The molecule has 0 bridgehead atoms. The van der Waals surface area contributed by atoms with E-state index in [0.717, 1.165) is 16.9 Å². The fourth-order valence-corrected chi connectivity index (χ4v) is 4.86. The molecule has 7 nitrogen and oxygen atoms in total. The van der Waals surface area contributed by atoms with Gasteiger partial charge >= 0.3 is 0 Å². The predicted octanol–water partition coefficient (Wildman–Crippen LogP) is 3.94. The van der Waals surface area contributed by atoms with Gasteiger partial charge in [-0.05, 0) is 41.5 Å². The van der Waals surface area contributed by atoms with Crippen LogP contribution in [-0.4, -0.2) is 55.7 Å². The Labute approximate surface area is 204 Å². The maximum absolute atomic E-state index is 13.7. The maximum atomic E-state index is 13.7. The maximum Gasteiger partial charge on any atom is 0.254 e. The van der Waals surface area contributed by atoms with Crippen molar-refractivity contribution in [2.24, 2.45) is 5.92 Å². The fourth-order valence-electron chi connectivity index (χ4n) is 4.86. The highest BCUT2D eigenvalue weighted by atomic mass is 16.7. The first-order valence-electron chi connectivity index (χ1n) is 11.7. The molecular formula is C28H28N2O5. The summed E-state index contributed by atoms with van der Waals surface area (Å²) in [6.07, 6.45) is 0. The number of ether oxygens (including phenoxy) is 3. The van der Waals surface area contributed by atoms with Crippen LogP contribution in [0.3, 0.4) is 0 Å². The van der Waals surface area contributed by atoms with Gasteiger partial charge in [-0.15, -0.1) is 0 Å². The second kappa shape index (κ2) is 9.70. The van der Waals surface area contributed by atoms with Crippen LogP contribution in [0, 0.1) is 5.92 Å². The molecule has 5 rings (SSSR count). The highest BCUT2D eigenvalue weighted by Gasteiger charge is 2.42. The van der Waals surface area contributed by atoms with E-state index in [4.69, 9.17) is 14.2 Å². The molecule has 2 aliphatic heterocycles. The van der Waals surface area contributed by atoms with Crippen molar-refractivity contribution in [1.29, 1.82) is 0 Å². The van der Waals surface area contributed by atoms with Crippen molar-refractivity contribution in [2.45, 2.75) is 12.5 Å². The second-order valence-electron chi connectivity index (χ2n) is 8.95. The number of methoxy groups -OCH3 is 1. The first-order chi connectivity index (χ1) is 17.0. The van der Waals surface area contributed by atoms with Crippen LogP contribution in [0.2, 0.25) is 0 Å². The third-order valence-corrected chi connectivity index (χ3v) is 6.70. The monoisotopic (exact) mass is 472 g/mol. The molecule has 3 aromatic rings. The lowest BCUT2D eigenvalue weighted by atomic mass is 9.88. The Balaban J connectivity index is 1.41. The van der Waals surface area contributed by atoms with Gasteiger partial charge in [-0.3, -0.25) is 9.59 Å². The Kier molecular flexibility index (Phi) is 6.31. The molecule has 180 valence electrons. The van der Waals surface area contributed by atoms with Crippen molar-refractivity contribution >= 4 is 11.8 Å². The van der Waals surface area contributed by atoms with Crippen LogP contribution >= 0.6 is 0 Å². The highest BCUT2D eigenvalue weighted by Crippen LogP contribution is 2.37. The summed E-state index contributed by atoms with van der Waals surface area (Å²) < 4.78 is 16.2. The van der Waals surface area contributed by atoms with Crippen LogP contribution in [0.1, 0.15) is 27.4 Å². The van der Waals surface area contributed by atoms with Crippen LogP contribution in [0.15, 0.2) is 72.8 Å². The van der Waals surface area contributed by atoms with E-state index >= 15 is 0 Å². The van der Waals surface area contributed by atoms with Crippen molar-refractivity contribution < 1.29 is 23.8 Å². The van der Waals surface area contributed by atoms with E-state index in [9.17, 15) is 9.59 Å². The number of carbonyl (C=O) groups is 2. The molecule has 0 aliphatic carbocycles. The number of rotatable bonds is 6. The number of carbonyl (C=O) groups excluding carboxylic acids is 2. The predicted molar refractivity (Wildman–Crippen MR) is 131 cm³/mol. The zero-order valence-electron chi connectivity index (χ0n) is 19.8. The van der Waals surface area contributed by atoms with Gasteiger partial charge in [0.2, 0.25) is 12.7 Å². The molecule has 35 heavy (non-hydrogen) atoms. The van der Waals surface area contributed by atoms with Gasteiger partial charge in [-0.25, -0.2) is 0 Å². The SMILES string of the molecule is COc1cccc(C2CN(C(=O)c3ccc4c(c3)OCO4)CC2C(=O)N(C)Cc2ccccc2)c1. The number of nitrogens with zero attached hydrogens (tertiary/aromatic N) is 2. The van der Waals surface area contributed by atoms with Gasteiger partial charge in [0.25, 0.3) is 5.91 Å². The molecule has 0 spiro atoms. The van der Waals surface area contributed by atoms with E-state index in [1.807, 2.05) is 61.6 Å². The largest absolute Gasteiger partial charge is 0.497 e. The lowest BCUT2D eigenvalue weighted by molar-refractivity contribution is -0.134. The minimum absolute atomic E-state index is 0.0164. The summed E-state index contributed by atoms with van der Waals surface area (Å²) in [5, 5.41) is 0. The molecule has 2 aliphatic rings. The average Bonchev–Trinajstić information content (AvgIpc) is 3.55. The van der Waals surface area contributed by atoms with Gasteiger partial charge in [0.1, 0.15) is 5.75 Å². The molecule has 2 unspecified atom stereocenters. The minimum atomic E-state index is -0.367. The van der Waals surface area contributed by atoms with E-state index in [1.54, 1.807) is 35.1 Å². The van der Waals surface area contributed by atoms with Crippen molar-refractivity contribution in [1.82, 2.24) is 9.80 Å². The zero-order valence-corrected chi connectivity index (χ0v) is 19.8. The first-order valence-corrected chi connectivity index (χ1v) is 11.7. The summed E-state index contributed by atoms with van der Waals surface area (Å²) in [6.45, 7) is 1.44. The van der Waals surface area contributed by atoms with Gasteiger partial charge in [-0.2, -0.15) is 0 Å². The molecule has 3 aromatic carbocycles. The average molecular weight is 473 g/mol. The van der Waals surface area contributed by atoms with Crippen LogP contribution in [-0.2, 0) is 11.3 Å². The Hall–Kier alpha value is -4.00. The summed E-state index contributed by atoms with van der Waals surface area (Å²) >= 11 is 0. The molecule has 2 atom stereocenters. The standard InChI is InChI=1S/C28H28N2O5/c1-29(15-19-7-4-3-5-8-19)28(32)24-17-30(16-23(24)20-9-6-10-22(13-20)33-2)27(31)21-11-12-25-26(14-21)35-18-34-25/h3-14,23-24H,15-18H2,1-2H3. The van der Waals surface area contributed by atoms with E-state index in [-0.39, 0.29) is 30.4 Å². The smallest absolute Gasteiger partial charge is 0.254 e. The molecule has 1 fully saturated rings. The number of hydrogen-bond acceptors (Lipinski definition) is 5. The van der Waals surface area contributed by atoms with Gasteiger partial charge in [0, 0.05) is 38.2 Å². The number of benzene rings is 3. The molecule has 0 saturated carbocycles. The van der Waals surface area contributed by atoms with Crippen LogP contribution < -0.4 is 14.2 Å². The molecule has 0 aromatic heterocycles. The number of likely N-dealkylation sites (tertiary alicyclic amines) is 1. The van der Waals surface area contributed by atoms with Gasteiger partial charge < -0.3 is 24.0 Å². The summed E-state index contributed by atoms with van der Waals surface area (Å²) in [5.74, 6) is 1.30.